The molecule has 1 aliphatic carbocycles. The number of nitrogens with zero attached hydrogens (tertiary/aromatic N) is 5. The minimum Gasteiger partial charge on any atom is -0.473 e. The number of anilines is 2. The molecule has 2 unspecified atom stereocenters. The Bertz CT molecular complexity index is 2340. The summed E-state index contributed by atoms with van der Waals surface area (Å²) in [6, 6.07) is 22.0. The molecule has 53 heavy (non-hydrogen) atoms. The number of benzene rings is 3. The molecular formula is C41H41ClFN7O3. The SMILES string of the molecule is CC(C)c1n[nH]c2ccc(C(=O)Nc3ccc4c(c3)nc(C3CC35CCN(c3cccc(OCc6ccc(Cl)cc6F)n3)CC5)n4CC3CCO3)cc12. The van der Waals surface area contributed by atoms with Crippen LogP contribution in [-0.2, 0) is 17.9 Å². The molecule has 2 atom stereocenters. The van der Waals surface area contributed by atoms with Crippen LogP contribution in [0.4, 0.5) is 15.9 Å². The molecule has 0 bridgehead atoms. The van der Waals surface area contributed by atoms with Crippen molar-refractivity contribution in [2.45, 2.75) is 70.6 Å². The molecule has 3 aromatic carbocycles. The Morgan fingerprint density at radius 1 is 1.09 bits per heavy atom. The van der Waals surface area contributed by atoms with Gasteiger partial charge in [-0.15, -0.1) is 0 Å². The van der Waals surface area contributed by atoms with Crippen molar-refractivity contribution in [3.63, 3.8) is 0 Å². The number of carbonyl (C=O) groups is 1. The van der Waals surface area contributed by atoms with Gasteiger partial charge in [0.15, 0.2) is 0 Å². The number of carbonyl (C=O) groups excluding carboxylic acids is 1. The first-order valence-corrected chi connectivity index (χ1v) is 18.8. The highest BCUT2D eigenvalue weighted by Gasteiger charge is 2.57. The molecule has 1 amide bonds. The Morgan fingerprint density at radius 3 is 2.72 bits per heavy atom. The van der Waals surface area contributed by atoms with Gasteiger partial charge in [-0.3, -0.25) is 9.89 Å². The number of nitrogens with one attached hydrogen (secondary N) is 2. The van der Waals surface area contributed by atoms with E-state index < -0.39 is 5.82 Å². The van der Waals surface area contributed by atoms with Crippen LogP contribution in [0.15, 0.2) is 72.8 Å². The number of halogens is 2. The van der Waals surface area contributed by atoms with Crippen molar-refractivity contribution in [2.75, 3.05) is 29.9 Å². The maximum Gasteiger partial charge on any atom is 0.255 e. The van der Waals surface area contributed by atoms with Crippen molar-refractivity contribution in [1.29, 1.82) is 0 Å². The summed E-state index contributed by atoms with van der Waals surface area (Å²) in [5.74, 6) is 2.47. The lowest BCUT2D eigenvalue weighted by atomic mass is 9.90. The van der Waals surface area contributed by atoms with E-state index in [1.807, 2.05) is 42.5 Å². The fourth-order valence-electron chi connectivity index (χ4n) is 8.03. The van der Waals surface area contributed by atoms with Crippen molar-refractivity contribution in [3.8, 4) is 5.88 Å². The average Bonchev–Trinajstić information content (AvgIpc) is 3.45. The lowest BCUT2D eigenvalue weighted by Crippen LogP contribution is -2.36. The van der Waals surface area contributed by atoms with Gasteiger partial charge in [-0.25, -0.2) is 9.37 Å². The van der Waals surface area contributed by atoms with E-state index in [2.05, 4.69) is 44.9 Å². The molecule has 6 aromatic rings. The Balaban J connectivity index is 0.899. The third kappa shape index (κ3) is 6.50. The summed E-state index contributed by atoms with van der Waals surface area (Å²) in [5.41, 5.74) is 5.73. The summed E-state index contributed by atoms with van der Waals surface area (Å²) < 4.78 is 28.4. The largest absolute Gasteiger partial charge is 0.473 e. The number of aromatic nitrogens is 5. The van der Waals surface area contributed by atoms with Crippen molar-refractivity contribution < 1.29 is 18.7 Å². The van der Waals surface area contributed by atoms with Crippen LogP contribution >= 0.6 is 11.6 Å². The lowest BCUT2D eigenvalue weighted by Gasteiger charge is -2.34. The standard InChI is InChI=1S/C41H41ClFN7O3/c1-24(2)38-30-18-25(7-10-33(30)47-48-38)40(51)44-28-9-11-35-34(20-28)45-39(50(35)22-29-12-17-52-29)31-21-41(31)13-15-49(16-14-41)36-4-3-5-37(46-36)53-23-26-6-8-27(42)19-32(26)43/h3-11,18-20,24,29,31H,12-17,21-23H2,1-2H3,(H,44,51)(H,47,48). The van der Waals surface area contributed by atoms with Crippen LogP contribution in [0, 0.1) is 11.2 Å². The van der Waals surface area contributed by atoms with Gasteiger partial charge in [0.2, 0.25) is 5.88 Å². The van der Waals surface area contributed by atoms with E-state index in [-0.39, 0.29) is 30.0 Å². The summed E-state index contributed by atoms with van der Waals surface area (Å²) in [5, 5.41) is 11.9. The fourth-order valence-corrected chi connectivity index (χ4v) is 8.19. The highest BCUT2D eigenvalue weighted by Crippen LogP contribution is 2.65. The summed E-state index contributed by atoms with van der Waals surface area (Å²) in [6.07, 6.45) is 4.39. The number of ether oxygens (including phenoxy) is 2. The molecule has 12 heteroatoms. The van der Waals surface area contributed by atoms with Gasteiger partial charge < -0.3 is 24.3 Å². The molecule has 1 saturated carbocycles. The van der Waals surface area contributed by atoms with Gasteiger partial charge >= 0.3 is 0 Å². The summed E-state index contributed by atoms with van der Waals surface area (Å²) >= 11 is 5.90. The average molecular weight is 734 g/mol. The molecule has 0 radical (unpaired) electrons. The fraction of sp³-hybridized carbons (Fsp3) is 0.366. The minimum atomic E-state index is -0.394. The van der Waals surface area contributed by atoms with E-state index in [1.54, 1.807) is 18.2 Å². The predicted octanol–water partition coefficient (Wildman–Crippen LogP) is 8.62. The molecule has 2 aliphatic heterocycles. The van der Waals surface area contributed by atoms with E-state index in [1.165, 1.54) is 6.07 Å². The van der Waals surface area contributed by atoms with Crippen molar-refractivity contribution in [1.82, 2.24) is 24.7 Å². The molecule has 9 rings (SSSR count). The second-order valence-electron chi connectivity index (χ2n) is 15.0. The Kier molecular flexibility index (Phi) is 8.58. The van der Waals surface area contributed by atoms with Crippen molar-refractivity contribution >= 4 is 50.9 Å². The van der Waals surface area contributed by atoms with Gasteiger partial charge in [0, 0.05) is 58.9 Å². The van der Waals surface area contributed by atoms with Crippen LogP contribution in [-0.4, -0.2) is 56.4 Å². The molecule has 2 N–H and O–H groups in total. The van der Waals surface area contributed by atoms with Gasteiger partial charge in [-0.1, -0.05) is 37.6 Å². The normalized spacial score (nSPS) is 19.2. The van der Waals surface area contributed by atoms with Crippen molar-refractivity contribution in [2.24, 2.45) is 5.41 Å². The van der Waals surface area contributed by atoms with E-state index >= 15 is 0 Å². The maximum atomic E-state index is 14.3. The lowest BCUT2D eigenvalue weighted by molar-refractivity contribution is -0.0590. The molecular weight excluding hydrogens is 693 g/mol. The first kappa shape index (κ1) is 33.8. The number of fused-ring (bicyclic) bond motifs is 2. The second kappa shape index (κ2) is 13.4. The Morgan fingerprint density at radius 2 is 1.94 bits per heavy atom. The van der Waals surface area contributed by atoms with E-state index in [0.717, 1.165) is 91.2 Å². The smallest absolute Gasteiger partial charge is 0.255 e. The topological polar surface area (TPSA) is 110 Å². The van der Waals surface area contributed by atoms with Gasteiger partial charge in [0.05, 0.1) is 34.9 Å². The van der Waals surface area contributed by atoms with Gasteiger partial charge in [0.25, 0.3) is 5.91 Å². The number of piperidine rings is 1. The number of pyridine rings is 1. The zero-order valence-electron chi connectivity index (χ0n) is 29.7. The van der Waals surface area contributed by atoms with Crippen LogP contribution in [0.1, 0.15) is 78.8 Å². The van der Waals surface area contributed by atoms with E-state index in [9.17, 15) is 9.18 Å². The number of amides is 1. The summed E-state index contributed by atoms with van der Waals surface area (Å²) in [6.45, 7) is 7.60. The summed E-state index contributed by atoms with van der Waals surface area (Å²) in [7, 11) is 0. The van der Waals surface area contributed by atoms with Crippen LogP contribution in [0.2, 0.25) is 5.02 Å². The van der Waals surface area contributed by atoms with Crippen LogP contribution < -0.4 is 15.0 Å². The van der Waals surface area contributed by atoms with E-state index in [0.29, 0.717) is 33.6 Å². The number of hydrogen-bond acceptors (Lipinski definition) is 7. The van der Waals surface area contributed by atoms with Gasteiger partial charge in [-0.2, -0.15) is 10.1 Å². The Hall–Kier alpha value is -5.00. The highest BCUT2D eigenvalue weighted by molar-refractivity contribution is 6.30. The number of hydrogen-bond donors (Lipinski definition) is 2. The zero-order chi connectivity index (χ0) is 36.3. The van der Waals surface area contributed by atoms with Gasteiger partial charge in [-0.05, 0) is 91.6 Å². The number of H-pyrrole nitrogens is 1. The molecule has 10 nitrogen and oxygen atoms in total. The first-order valence-electron chi connectivity index (χ1n) is 18.4. The highest BCUT2D eigenvalue weighted by atomic mass is 35.5. The quantitative estimate of drug-likeness (QED) is 0.145. The second-order valence-corrected chi connectivity index (χ2v) is 15.4. The predicted molar refractivity (Wildman–Crippen MR) is 203 cm³/mol. The molecule has 2 saturated heterocycles. The molecule has 1 spiro atoms. The molecule has 272 valence electrons. The molecule has 5 heterocycles. The van der Waals surface area contributed by atoms with Crippen LogP contribution in [0.5, 0.6) is 5.88 Å². The zero-order valence-corrected chi connectivity index (χ0v) is 30.5. The Labute approximate surface area is 311 Å². The van der Waals surface area contributed by atoms with E-state index in [4.69, 9.17) is 31.0 Å². The van der Waals surface area contributed by atoms with Crippen molar-refractivity contribution in [3.05, 3.63) is 106 Å². The first-order chi connectivity index (χ1) is 25.7. The van der Waals surface area contributed by atoms with Gasteiger partial charge in [0.1, 0.15) is 24.1 Å². The third-order valence-electron chi connectivity index (χ3n) is 11.3. The van der Waals surface area contributed by atoms with Crippen LogP contribution in [0.25, 0.3) is 21.9 Å². The number of imidazole rings is 1. The molecule has 3 fully saturated rings. The molecule has 3 aliphatic rings. The summed E-state index contributed by atoms with van der Waals surface area (Å²) in [4.78, 5) is 25.7. The molecule has 3 aromatic heterocycles. The minimum absolute atomic E-state index is 0.0759. The number of aromatic amines is 1. The number of rotatable bonds is 10. The van der Waals surface area contributed by atoms with Crippen LogP contribution in [0.3, 0.4) is 0 Å². The monoisotopic (exact) mass is 733 g/mol. The maximum absolute atomic E-state index is 14.3. The third-order valence-corrected chi connectivity index (χ3v) is 11.5.